The zero-order valence-electron chi connectivity index (χ0n) is 8.37. The predicted molar refractivity (Wildman–Crippen MR) is 59.5 cm³/mol. The van der Waals surface area contributed by atoms with Gasteiger partial charge in [0.1, 0.15) is 5.69 Å². The van der Waals surface area contributed by atoms with Crippen LogP contribution in [0.3, 0.4) is 0 Å². The van der Waals surface area contributed by atoms with Gasteiger partial charge in [-0.2, -0.15) is 0 Å². The standard InChI is InChI=1S/C11H11NO2S/c1-14-11(13)8-4-9-10(12-8)7(5-15-9)6-2-3-6/h4-6,12H,2-3H2,1H3. The van der Waals surface area contributed by atoms with E-state index in [0.29, 0.717) is 11.6 Å². The summed E-state index contributed by atoms with van der Waals surface area (Å²) in [6.45, 7) is 0. The summed E-state index contributed by atoms with van der Waals surface area (Å²) in [6.07, 6.45) is 2.55. The predicted octanol–water partition coefficient (Wildman–Crippen LogP) is 2.89. The van der Waals surface area contributed by atoms with Crippen LogP contribution < -0.4 is 0 Å². The molecule has 3 nitrogen and oxygen atoms in total. The topological polar surface area (TPSA) is 42.1 Å². The van der Waals surface area contributed by atoms with Crippen LogP contribution in [0.25, 0.3) is 10.2 Å². The van der Waals surface area contributed by atoms with Crippen molar-refractivity contribution in [3.05, 3.63) is 22.7 Å². The van der Waals surface area contributed by atoms with E-state index in [-0.39, 0.29) is 5.97 Å². The Kier molecular flexibility index (Phi) is 1.85. The third kappa shape index (κ3) is 1.36. The van der Waals surface area contributed by atoms with E-state index in [0.717, 1.165) is 10.2 Å². The summed E-state index contributed by atoms with van der Waals surface area (Å²) in [5.74, 6) is 0.419. The Morgan fingerprint density at radius 2 is 2.40 bits per heavy atom. The summed E-state index contributed by atoms with van der Waals surface area (Å²) >= 11 is 1.69. The number of hydrogen-bond acceptors (Lipinski definition) is 3. The summed E-state index contributed by atoms with van der Waals surface area (Å²) in [5, 5.41) is 2.19. The minimum atomic E-state index is -0.292. The third-order valence-electron chi connectivity index (χ3n) is 2.81. The van der Waals surface area contributed by atoms with Crippen molar-refractivity contribution in [1.82, 2.24) is 4.98 Å². The van der Waals surface area contributed by atoms with E-state index >= 15 is 0 Å². The van der Waals surface area contributed by atoms with Crippen LogP contribution in [0.1, 0.15) is 34.8 Å². The summed E-state index contributed by atoms with van der Waals surface area (Å²) < 4.78 is 5.84. The van der Waals surface area contributed by atoms with Crippen LogP contribution in [0.4, 0.5) is 0 Å². The Morgan fingerprint density at radius 3 is 3.07 bits per heavy atom. The lowest BCUT2D eigenvalue weighted by Gasteiger charge is -1.94. The smallest absolute Gasteiger partial charge is 0.354 e. The SMILES string of the molecule is COC(=O)c1cc2scc(C3CC3)c2[nH]1. The van der Waals surface area contributed by atoms with Crippen molar-refractivity contribution in [3.63, 3.8) is 0 Å². The lowest BCUT2D eigenvalue weighted by molar-refractivity contribution is 0.0595. The third-order valence-corrected chi connectivity index (χ3v) is 3.75. The number of fused-ring (bicyclic) bond motifs is 1. The maximum Gasteiger partial charge on any atom is 0.354 e. The van der Waals surface area contributed by atoms with Crippen LogP contribution in [-0.2, 0) is 4.74 Å². The van der Waals surface area contributed by atoms with Crippen molar-refractivity contribution in [2.75, 3.05) is 7.11 Å². The fraction of sp³-hybridized carbons (Fsp3) is 0.364. The molecule has 0 aliphatic heterocycles. The molecule has 1 saturated carbocycles. The van der Waals surface area contributed by atoms with Gasteiger partial charge in [-0.3, -0.25) is 0 Å². The number of carbonyl (C=O) groups excluding carboxylic acids is 1. The minimum absolute atomic E-state index is 0.292. The van der Waals surface area contributed by atoms with Gasteiger partial charge in [0.2, 0.25) is 0 Å². The van der Waals surface area contributed by atoms with Gasteiger partial charge in [0, 0.05) is 0 Å². The zero-order valence-corrected chi connectivity index (χ0v) is 9.19. The Hall–Kier alpha value is -1.29. The first-order valence-electron chi connectivity index (χ1n) is 4.98. The average Bonchev–Trinajstić information content (AvgIpc) is 2.87. The number of aromatic amines is 1. The molecule has 1 fully saturated rings. The fourth-order valence-corrected chi connectivity index (χ4v) is 2.88. The molecule has 15 heavy (non-hydrogen) atoms. The second-order valence-corrected chi connectivity index (χ2v) is 4.79. The van der Waals surface area contributed by atoms with E-state index in [2.05, 4.69) is 15.1 Å². The van der Waals surface area contributed by atoms with Gasteiger partial charge in [0.15, 0.2) is 0 Å². The minimum Gasteiger partial charge on any atom is -0.464 e. The van der Waals surface area contributed by atoms with Crippen LogP contribution in [0.5, 0.6) is 0 Å². The highest BCUT2D eigenvalue weighted by atomic mass is 32.1. The molecular formula is C11H11NO2S. The molecule has 0 aromatic carbocycles. The highest BCUT2D eigenvalue weighted by molar-refractivity contribution is 7.17. The largest absolute Gasteiger partial charge is 0.464 e. The Labute approximate surface area is 91.1 Å². The number of carbonyl (C=O) groups is 1. The number of H-pyrrole nitrogens is 1. The summed E-state index contributed by atoms with van der Waals surface area (Å²) in [5.41, 5.74) is 3.05. The molecular weight excluding hydrogens is 210 g/mol. The number of ether oxygens (including phenoxy) is 1. The number of aromatic nitrogens is 1. The number of thiophene rings is 1. The van der Waals surface area contributed by atoms with E-state index in [9.17, 15) is 4.79 Å². The second-order valence-electron chi connectivity index (χ2n) is 3.88. The maximum absolute atomic E-state index is 11.3. The molecule has 0 unspecified atom stereocenters. The van der Waals surface area contributed by atoms with E-state index in [1.54, 1.807) is 11.3 Å². The molecule has 3 rings (SSSR count). The van der Waals surface area contributed by atoms with Crippen molar-refractivity contribution in [3.8, 4) is 0 Å². The number of rotatable bonds is 2. The number of methoxy groups -OCH3 is 1. The van der Waals surface area contributed by atoms with Gasteiger partial charge in [0.05, 0.1) is 17.3 Å². The molecule has 0 bridgehead atoms. The summed E-state index contributed by atoms with van der Waals surface area (Å²) in [6, 6.07) is 1.87. The molecule has 1 aliphatic rings. The highest BCUT2D eigenvalue weighted by Gasteiger charge is 2.27. The normalized spacial score (nSPS) is 15.8. The molecule has 78 valence electrons. The Bertz CT molecular complexity index is 522. The van der Waals surface area contributed by atoms with E-state index in [1.807, 2.05) is 6.07 Å². The lowest BCUT2D eigenvalue weighted by atomic mass is 10.2. The Morgan fingerprint density at radius 1 is 1.60 bits per heavy atom. The van der Waals surface area contributed by atoms with Crippen LogP contribution >= 0.6 is 11.3 Å². The van der Waals surface area contributed by atoms with Gasteiger partial charge in [0.25, 0.3) is 0 Å². The van der Waals surface area contributed by atoms with Crippen LogP contribution in [0.2, 0.25) is 0 Å². The van der Waals surface area contributed by atoms with Crippen LogP contribution in [0.15, 0.2) is 11.4 Å². The number of hydrogen-bond donors (Lipinski definition) is 1. The molecule has 0 radical (unpaired) electrons. The van der Waals surface area contributed by atoms with Crippen LogP contribution in [0, 0.1) is 0 Å². The number of esters is 1. The molecule has 1 N–H and O–H groups in total. The monoisotopic (exact) mass is 221 g/mol. The molecule has 4 heteroatoms. The molecule has 0 amide bonds. The second kappa shape index (κ2) is 3.10. The van der Waals surface area contributed by atoms with E-state index in [4.69, 9.17) is 0 Å². The van der Waals surface area contributed by atoms with Crippen molar-refractivity contribution >= 4 is 27.5 Å². The molecule has 1 aliphatic carbocycles. The molecule has 2 aromatic heterocycles. The average molecular weight is 221 g/mol. The van der Waals surface area contributed by atoms with Gasteiger partial charge < -0.3 is 9.72 Å². The van der Waals surface area contributed by atoms with E-state index < -0.39 is 0 Å². The molecule has 2 aromatic rings. The van der Waals surface area contributed by atoms with Crippen molar-refractivity contribution in [2.45, 2.75) is 18.8 Å². The molecule has 2 heterocycles. The van der Waals surface area contributed by atoms with Crippen LogP contribution in [-0.4, -0.2) is 18.1 Å². The van der Waals surface area contributed by atoms with Gasteiger partial charge in [-0.05, 0) is 35.8 Å². The van der Waals surface area contributed by atoms with Gasteiger partial charge >= 0.3 is 5.97 Å². The zero-order chi connectivity index (χ0) is 10.4. The first kappa shape index (κ1) is 8.97. The highest BCUT2D eigenvalue weighted by Crippen LogP contribution is 2.45. The van der Waals surface area contributed by atoms with Crippen molar-refractivity contribution in [1.29, 1.82) is 0 Å². The van der Waals surface area contributed by atoms with Crippen molar-refractivity contribution in [2.24, 2.45) is 0 Å². The fourth-order valence-electron chi connectivity index (χ4n) is 1.84. The summed E-state index contributed by atoms with van der Waals surface area (Å²) in [7, 11) is 1.40. The van der Waals surface area contributed by atoms with Gasteiger partial charge in [-0.25, -0.2) is 4.79 Å². The molecule has 0 saturated heterocycles. The molecule has 0 spiro atoms. The quantitative estimate of drug-likeness (QED) is 0.792. The summed E-state index contributed by atoms with van der Waals surface area (Å²) in [4.78, 5) is 14.5. The first-order chi connectivity index (χ1) is 7.29. The van der Waals surface area contributed by atoms with E-state index in [1.165, 1.54) is 25.5 Å². The number of nitrogens with one attached hydrogen (secondary N) is 1. The van der Waals surface area contributed by atoms with Gasteiger partial charge in [-0.1, -0.05) is 0 Å². The Balaban J connectivity index is 2.09. The van der Waals surface area contributed by atoms with Gasteiger partial charge in [-0.15, -0.1) is 11.3 Å². The molecule has 0 atom stereocenters. The first-order valence-corrected chi connectivity index (χ1v) is 5.86. The maximum atomic E-state index is 11.3. The van der Waals surface area contributed by atoms with Crippen molar-refractivity contribution < 1.29 is 9.53 Å². The lowest BCUT2D eigenvalue weighted by Crippen LogP contribution is -2.00.